The van der Waals surface area contributed by atoms with Crippen LogP contribution in [0.3, 0.4) is 0 Å². The Kier molecular flexibility index (Phi) is 5.54. The highest BCUT2D eigenvalue weighted by Gasteiger charge is 2.35. The van der Waals surface area contributed by atoms with Crippen LogP contribution in [0.4, 0.5) is 10.6 Å². The van der Waals surface area contributed by atoms with Crippen molar-refractivity contribution in [3.05, 3.63) is 17.1 Å². The highest BCUT2D eigenvalue weighted by molar-refractivity contribution is 5.97. The number of nitrogens with zero attached hydrogens (tertiary/aromatic N) is 5. The van der Waals surface area contributed by atoms with E-state index in [1.807, 2.05) is 20.8 Å². The normalized spacial score (nSPS) is 19.8. The standard InChI is InChI=1S/C20H27N5O3/c1-13-22-17-15(6-5-7-16(17)26)18(23-13)24-10-11-25(14(12-24)8-9-21)19(27)28-20(2,3)4/h14H,5-8,10-12H2,1-4H3. The van der Waals surface area contributed by atoms with Gasteiger partial charge in [0, 0.05) is 31.6 Å². The third-order valence-electron chi connectivity index (χ3n) is 4.93. The maximum absolute atomic E-state index is 12.6. The van der Waals surface area contributed by atoms with Crippen LogP contribution in [0.1, 0.15) is 61.9 Å². The Hall–Kier alpha value is -2.69. The summed E-state index contributed by atoms with van der Waals surface area (Å²) in [5.74, 6) is 1.40. The number of Topliss-reactive ketones (excluding diaryl/α,β-unsaturated/α-hetero) is 1. The summed E-state index contributed by atoms with van der Waals surface area (Å²) in [6, 6.07) is 1.88. The van der Waals surface area contributed by atoms with Gasteiger partial charge in [-0.2, -0.15) is 5.26 Å². The molecule has 1 aromatic heterocycles. The van der Waals surface area contributed by atoms with Crippen LogP contribution >= 0.6 is 0 Å². The Labute approximate surface area is 165 Å². The van der Waals surface area contributed by atoms with Gasteiger partial charge in [-0.05, 0) is 40.5 Å². The first-order valence-corrected chi connectivity index (χ1v) is 9.72. The molecule has 28 heavy (non-hydrogen) atoms. The molecule has 0 bridgehead atoms. The second-order valence-electron chi connectivity index (χ2n) is 8.33. The number of fused-ring (bicyclic) bond motifs is 1. The fraction of sp³-hybridized carbons (Fsp3) is 0.650. The second kappa shape index (κ2) is 7.74. The molecule has 8 nitrogen and oxygen atoms in total. The van der Waals surface area contributed by atoms with Crippen LogP contribution in [0.15, 0.2) is 0 Å². The highest BCUT2D eigenvalue weighted by Crippen LogP contribution is 2.30. The van der Waals surface area contributed by atoms with Crippen molar-refractivity contribution in [2.75, 3.05) is 24.5 Å². The van der Waals surface area contributed by atoms with Crippen molar-refractivity contribution in [1.82, 2.24) is 14.9 Å². The highest BCUT2D eigenvalue weighted by atomic mass is 16.6. The number of ether oxygens (including phenoxy) is 1. The molecule has 0 radical (unpaired) electrons. The topological polar surface area (TPSA) is 99.4 Å². The average molecular weight is 385 g/mol. The second-order valence-corrected chi connectivity index (χ2v) is 8.33. The van der Waals surface area contributed by atoms with Crippen molar-refractivity contribution in [2.24, 2.45) is 0 Å². The Morgan fingerprint density at radius 1 is 1.29 bits per heavy atom. The molecule has 0 aromatic carbocycles. The molecule has 0 spiro atoms. The van der Waals surface area contributed by atoms with Gasteiger partial charge in [0.15, 0.2) is 5.78 Å². The number of hydrogen-bond acceptors (Lipinski definition) is 7. The summed E-state index contributed by atoms with van der Waals surface area (Å²) in [5.41, 5.74) is 0.831. The van der Waals surface area contributed by atoms with Gasteiger partial charge < -0.3 is 14.5 Å². The zero-order valence-electron chi connectivity index (χ0n) is 17.0. The van der Waals surface area contributed by atoms with E-state index in [1.165, 1.54) is 0 Å². The van der Waals surface area contributed by atoms with E-state index >= 15 is 0 Å². The molecule has 1 amide bonds. The van der Waals surface area contributed by atoms with Crippen molar-refractivity contribution >= 4 is 17.7 Å². The number of anilines is 1. The van der Waals surface area contributed by atoms with E-state index < -0.39 is 11.7 Å². The summed E-state index contributed by atoms with van der Waals surface area (Å²) >= 11 is 0. The Morgan fingerprint density at radius 2 is 2.04 bits per heavy atom. The number of nitriles is 1. The van der Waals surface area contributed by atoms with Crippen LogP contribution in [0, 0.1) is 18.3 Å². The van der Waals surface area contributed by atoms with Crippen molar-refractivity contribution in [3.8, 4) is 6.07 Å². The minimum absolute atomic E-state index is 0.0639. The van der Waals surface area contributed by atoms with Crippen LogP contribution in [-0.2, 0) is 11.2 Å². The summed E-state index contributed by atoms with van der Waals surface area (Å²) in [6.45, 7) is 8.75. The monoisotopic (exact) mass is 385 g/mol. The summed E-state index contributed by atoms with van der Waals surface area (Å²) in [7, 11) is 0. The molecule has 1 saturated heterocycles. The SMILES string of the molecule is Cc1nc2c(c(N3CCN(C(=O)OC(C)(C)C)C(CC#N)C3)n1)CCCC2=O. The van der Waals surface area contributed by atoms with E-state index in [0.29, 0.717) is 37.6 Å². The van der Waals surface area contributed by atoms with Gasteiger partial charge in [0.1, 0.15) is 22.9 Å². The Morgan fingerprint density at radius 3 is 2.71 bits per heavy atom. The van der Waals surface area contributed by atoms with E-state index in [2.05, 4.69) is 20.9 Å². The van der Waals surface area contributed by atoms with Crippen molar-refractivity contribution in [1.29, 1.82) is 5.26 Å². The van der Waals surface area contributed by atoms with E-state index in [-0.39, 0.29) is 18.2 Å². The molecule has 1 aliphatic heterocycles. The molecule has 8 heteroatoms. The number of carbonyl (C=O) groups is 2. The zero-order chi connectivity index (χ0) is 20.5. The first-order valence-electron chi connectivity index (χ1n) is 9.72. The molecule has 0 N–H and O–H groups in total. The molecule has 1 aromatic rings. The van der Waals surface area contributed by atoms with Gasteiger partial charge in [-0.15, -0.1) is 0 Å². The van der Waals surface area contributed by atoms with E-state index in [1.54, 1.807) is 11.8 Å². The molecule has 2 heterocycles. The number of piperazine rings is 1. The van der Waals surface area contributed by atoms with Gasteiger partial charge in [0.05, 0.1) is 18.5 Å². The first kappa shape index (κ1) is 20.1. The largest absolute Gasteiger partial charge is 0.444 e. The molecular weight excluding hydrogens is 358 g/mol. The van der Waals surface area contributed by atoms with Crippen LogP contribution in [0.2, 0.25) is 0 Å². The van der Waals surface area contributed by atoms with Gasteiger partial charge in [-0.3, -0.25) is 4.79 Å². The molecule has 150 valence electrons. The smallest absolute Gasteiger partial charge is 0.410 e. The Balaban J connectivity index is 1.86. The molecular formula is C20H27N5O3. The van der Waals surface area contributed by atoms with Crippen molar-refractivity contribution in [3.63, 3.8) is 0 Å². The predicted molar refractivity (Wildman–Crippen MR) is 103 cm³/mol. The van der Waals surface area contributed by atoms with Gasteiger partial charge >= 0.3 is 6.09 Å². The van der Waals surface area contributed by atoms with E-state index in [9.17, 15) is 14.9 Å². The molecule has 3 rings (SSSR count). The molecule has 0 saturated carbocycles. The quantitative estimate of drug-likeness (QED) is 0.771. The third-order valence-corrected chi connectivity index (χ3v) is 4.93. The summed E-state index contributed by atoms with van der Waals surface area (Å²) < 4.78 is 5.51. The minimum atomic E-state index is -0.589. The molecule has 1 aliphatic carbocycles. The van der Waals surface area contributed by atoms with E-state index in [4.69, 9.17) is 4.74 Å². The van der Waals surface area contributed by atoms with Crippen molar-refractivity contribution in [2.45, 2.75) is 65.0 Å². The number of hydrogen-bond donors (Lipinski definition) is 0. The van der Waals surface area contributed by atoms with Crippen LogP contribution < -0.4 is 4.90 Å². The average Bonchev–Trinajstić information content (AvgIpc) is 2.60. The fourth-order valence-corrected chi connectivity index (χ4v) is 3.74. The molecule has 1 atom stereocenters. The summed E-state index contributed by atoms with van der Waals surface area (Å²) in [4.78, 5) is 37.6. The molecule has 1 fully saturated rings. The van der Waals surface area contributed by atoms with Crippen LogP contribution in [-0.4, -0.2) is 58.0 Å². The van der Waals surface area contributed by atoms with Gasteiger partial charge in [0.2, 0.25) is 0 Å². The van der Waals surface area contributed by atoms with Crippen molar-refractivity contribution < 1.29 is 14.3 Å². The lowest BCUT2D eigenvalue weighted by Gasteiger charge is -2.42. The first-order chi connectivity index (χ1) is 13.2. The molecule has 2 aliphatic rings. The lowest BCUT2D eigenvalue weighted by Crippen LogP contribution is -2.56. The van der Waals surface area contributed by atoms with Gasteiger partial charge in [0.25, 0.3) is 0 Å². The maximum Gasteiger partial charge on any atom is 0.410 e. The van der Waals surface area contributed by atoms with Gasteiger partial charge in [-0.25, -0.2) is 14.8 Å². The molecule has 1 unspecified atom stereocenters. The maximum atomic E-state index is 12.6. The number of carbonyl (C=O) groups excluding carboxylic acids is 2. The fourth-order valence-electron chi connectivity index (χ4n) is 3.74. The summed E-state index contributed by atoms with van der Waals surface area (Å²) in [6.07, 6.45) is 1.90. The lowest BCUT2D eigenvalue weighted by atomic mass is 9.94. The zero-order valence-corrected chi connectivity index (χ0v) is 17.0. The van der Waals surface area contributed by atoms with E-state index in [0.717, 1.165) is 24.2 Å². The number of aryl methyl sites for hydroxylation is 1. The van der Waals surface area contributed by atoms with Crippen LogP contribution in [0.5, 0.6) is 0 Å². The number of rotatable bonds is 2. The predicted octanol–water partition coefficient (Wildman–Crippen LogP) is 2.64. The minimum Gasteiger partial charge on any atom is -0.444 e. The number of ketones is 1. The number of amides is 1. The summed E-state index contributed by atoms with van der Waals surface area (Å²) in [5, 5.41) is 9.26. The van der Waals surface area contributed by atoms with Gasteiger partial charge in [-0.1, -0.05) is 0 Å². The Bertz CT molecular complexity index is 824. The van der Waals surface area contributed by atoms with Crippen LogP contribution in [0.25, 0.3) is 0 Å². The number of aromatic nitrogens is 2. The third kappa shape index (κ3) is 4.24. The lowest BCUT2D eigenvalue weighted by molar-refractivity contribution is 0.0145.